The largest absolute Gasteiger partial charge is 0.478 e. The van der Waals surface area contributed by atoms with E-state index in [-0.39, 0.29) is 30.0 Å². The minimum absolute atomic E-state index is 0.121. The van der Waals surface area contributed by atoms with Gasteiger partial charge >= 0.3 is 5.97 Å². The van der Waals surface area contributed by atoms with Gasteiger partial charge in [0, 0.05) is 30.4 Å². The zero-order chi connectivity index (χ0) is 26.6. The fourth-order valence-electron chi connectivity index (χ4n) is 4.60. The van der Waals surface area contributed by atoms with Crippen LogP contribution in [0.5, 0.6) is 0 Å². The number of carboxylic acid groups (broad SMARTS) is 1. The lowest BCUT2D eigenvalue weighted by Gasteiger charge is -2.25. The van der Waals surface area contributed by atoms with E-state index in [9.17, 15) is 14.7 Å². The Morgan fingerprint density at radius 3 is 2.68 bits per heavy atom. The Morgan fingerprint density at radius 1 is 1.08 bits per heavy atom. The van der Waals surface area contributed by atoms with E-state index < -0.39 is 5.97 Å². The van der Waals surface area contributed by atoms with Gasteiger partial charge in [-0.1, -0.05) is 30.3 Å². The number of carbonyl (C=O) groups is 2. The molecule has 1 amide bonds. The minimum atomic E-state index is -1.01. The van der Waals surface area contributed by atoms with E-state index >= 15 is 0 Å². The van der Waals surface area contributed by atoms with Crippen molar-refractivity contribution in [1.82, 2.24) is 15.2 Å². The smallest absolute Gasteiger partial charge is 0.335 e. The topological polar surface area (TPSA) is 108 Å². The summed E-state index contributed by atoms with van der Waals surface area (Å²) in [6, 6.07) is 22.9. The van der Waals surface area contributed by atoms with Crippen LogP contribution in [0.25, 0.3) is 11.3 Å². The van der Waals surface area contributed by atoms with Crippen molar-refractivity contribution in [3.05, 3.63) is 108 Å². The summed E-state index contributed by atoms with van der Waals surface area (Å²) in [7, 11) is 0. The number of hydrogen-bond acceptors (Lipinski definition) is 5. The van der Waals surface area contributed by atoms with Crippen LogP contribution < -0.4 is 10.6 Å². The minimum Gasteiger partial charge on any atom is -0.478 e. The molecule has 0 saturated carbocycles. The number of hydrogen-bond donors (Lipinski definition) is 3. The van der Waals surface area contributed by atoms with Crippen LogP contribution in [0.4, 0.5) is 5.69 Å². The molecule has 1 fully saturated rings. The molecule has 192 valence electrons. The number of benzene rings is 2. The molecule has 1 aliphatic heterocycles. The quantitative estimate of drug-likeness (QED) is 0.264. The summed E-state index contributed by atoms with van der Waals surface area (Å²) < 4.78 is 6.27. The van der Waals surface area contributed by atoms with Crippen molar-refractivity contribution >= 4 is 34.9 Å². The predicted molar refractivity (Wildman–Crippen MR) is 148 cm³/mol. The van der Waals surface area contributed by atoms with Gasteiger partial charge in [0.15, 0.2) is 5.11 Å². The zero-order valence-electron chi connectivity index (χ0n) is 20.6. The molecule has 2 atom stereocenters. The Labute approximate surface area is 225 Å². The molecule has 3 heterocycles. The van der Waals surface area contributed by atoms with E-state index in [2.05, 4.69) is 15.6 Å². The summed E-state index contributed by atoms with van der Waals surface area (Å²) in [5, 5.41) is 16.2. The Morgan fingerprint density at radius 2 is 1.92 bits per heavy atom. The third kappa shape index (κ3) is 5.42. The molecular formula is C29H26N4O4S. The Hall–Kier alpha value is -4.50. The van der Waals surface area contributed by atoms with Crippen LogP contribution in [0, 0.1) is 6.92 Å². The Balaban J connectivity index is 1.41. The number of anilines is 1. The van der Waals surface area contributed by atoms with Crippen LogP contribution >= 0.6 is 12.2 Å². The number of amides is 1. The first kappa shape index (κ1) is 25.2. The van der Waals surface area contributed by atoms with E-state index in [0.29, 0.717) is 28.7 Å². The first-order chi connectivity index (χ1) is 18.4. The molecule has 1 aliphatic rings. The van der Waals surface area contributed by atoms with Crippen molar-refractivity contribution in [2.24, 2.45) is 0 Å². The molecule has 38 heavy (non-hydrogen) atoms. The van der Waals surface area contributed by atoms with Crippen LogP contribution in [-0.2, 0) is 4.79 Å². The van der Waals surface area contributed by atoms with E-state index in [4.69, 9.17) is 16.6 Å². The summed E-state index contributed by atoms with van der Waals surface area (Å²) in [5.74, 6) is 0.0408. The van der Waals surface area contributed by atoms with Crippen LogP contribution in [0.1, 0.15) is 45.9 Å². The number of aromatic nitrogens is 1. The van der Waals surface area contributed by atoms with E-state index in [1.54, 1.807) is 24.4 Å². The van der Waals surface area contributed by atoms with Crippen LogP contribution in [0.3, 0.4) is 0 Å². The molecule has 0 aliphatic carbocycles. The van der Waals surface area contributed by atoms with Gasteiger partial charge in [-0.05, 0) is 73.2 Å². The zero-order valence-corrected chi connectivity index (χ0v) is 21.4. The lowest BCUT2D eigenvalue weighted by Crippen LogP contribution is -2.32. The van der Waals surface area contributed by atoms with Crippen LogP contribution in [0.2, 0.25) is 0 Å². The van der Waals surface area contributed by atoms with Crippen molar-refractivity contribution in [3.8, 4) is 11.3 Å². The number of nitrogens with one attached hydrogen (secondary N) is 2. The third-order valence-electron chi connectivity index (χ3n) is 6.39. The maximum Gasteiger partial charge on any atom is 0.335 e. The lowest BCUT2D eigenvalue weighted by molar-refractivity contribution is -0.116. The van der Waals surface area contributed by atoms with Crippen molar-refractivity contribution in [1.29, 1.82) is 0 Å². The number of aromatic carboxylic acids is 1. The highest BCUT2D eigenvalue weighted by Crippen LogP contribution is 2.40. The number of furan rings is 1. The monoisotopic (exact) mass is 526 g/mol. The standard InChI is InChI=1S/C29H26N4O4S/c1-18-6-4-9-21(16-18)31-25(34)13-15-33-27(26(32-29(33)38)22-10-2-3-14-30-22)24-12-11-23(37-24)19-7-5-8-20(17-19)28(35)36/h2-12,14,16-17,26-27H,13,15H2,1H3,(H,31,34)(H,32,38)(H,35,36). The number of nitrogens with zero attached hydrogens (tertiary/aromatic N) is 2. The molecule has 9 heteroatoms. The van der Waals surface area contributed by atoms with Gasteiger partial charge in [0.2, 0.25) is 5.91 Å². The summed E-state index contributed by atoms with van der Waals surface area (Å²) in [6.07, 6.45) is 1.94. The van der Waals surface area contributed by atoms with Crippen LogP contribution in [0.15, 0.2) is 89.5 Å². The number of rotatable bonds is 8. The van der Waals surface area contributed by atoms with E-state index in [1.807, 2.05) is 66.4 Å². The maximum absolute atomic E-state index is 12.8. The van der Waals surface area contributed by atoms with Crippen molar-refractivity contribution in [3.63, 3.8) is 0 Å². The van der Waals surface area contributed by atoms with Gasteiger partial charge in [0.1, 0.15) is 17.6 Å². The predicted octanol–water partition coefficient (Wildman–Crippen LogP) is 5.35. The number of carboxylic acids is 1. The number of aryl methyl sites for hydroxylation is 1. The molecule has 2 aromatic carbocycles. The summed E-state index contributed by atoms with van der Waals surface area (Å²) >= 11 is 5.69. The number of pyridine rings is 1. The first-order valence-electron chi connectivity index (χ1n) is 12.2. The van der Waals surface area contributed by atoms with Gasteiger partial charge < -0.3 is 25.1 Å². The average Bonchev–Trinajstić information content (AvgIpc) is 3.52. The third-order valence-corrected chi connectivity index (χ3v) is 6.74. The summed E-state index contributed by atoms with van der Waals surface area (Å²) in [5.41, 5.74) is 3.44. The lowest BCUT2D eigenvalue weighted by atomic mass is 10.0. The fourth-order valence-corrected chi connectivity index (χ4v) is 4.93. The molecule has 2 aromatic heterocycles. The highest BCUT2D eigenvalue weighted by Gasteiger charge is 2.41. The molecule has 4 aromatic rings. The fraction of sp³-hybridized carbons (Fsp3) is 0.172. The number of thiocarbonyl (C=S) groups is 1. The van der Waals surface area contributed by atoms with E-state index in [0.717, 1.165) is 16.9 Å². The molecule has 0 spiro atoms. The van der Waals surface area contributed by atoms with Crippen LogP contribution in [-0.4, -0.2) is 38.5 Å². The van der Waals surface area contributed by atoms with Gasteiger partial charge in [-0.3, -0.25) is 9.78 Å². The molecule has 0 radical (unpaired) electrons. The van der Waals surface area contributed by atoms with Crippen molar-refractivity contribution < 1.29 is 19.1 Å². The second kappa shape index (κ2) is 10.9. The van der Waals surface area contributed by atoms with Gasteiger partial charge in [-0.15, -0.1) is 0 Å². The number of carbonyl (C=O) groups excluding carboxylic acids is 1. The molecule has 1 saturated heterocycles. The second-order valence-electron chi connectivity index (χ2n) is 9.08. The highest BCUT2D eigenvalue weighted by molar-refractivity contribution is 7.80. The highest BCUT2D eigenvalue weighted by atomic mass is 32.1. The van der Waals surface area contributed by atoms with Crippen molar-refractivity contribution in [2.45, 2.75) is 25.4 Å². The normalized spacial score (nSPS) is 16.8. The SMILES string of the molecule is Cc1cccc(NC(=O)CCN2C(=S)NC(c3ccccn3)C2c2ccc(-c3cccc(C(=O)O)c3)o2)c1. The van der Waals surface area contributed by atoms with Gasteiger partial charge in [-0.25, -0.2) is 4.79 Å². The molecule has 2 unspecified atom stereocenters. The molecular weight excluding hydrogens is 500 g/mol. The molecule has 3 N–H and O–H groups in total. The Kier molecular flexibility index (Phi) is 7.19. The van der Waals surface area contributed by atoms with Gasteiger partial charge in [-0.2, -0.15) is 0 Å². The first-order valence-corrected chi connectivity index (χ1v) is 12.6. The molecule has 8 nitrogen and oxygen atoms in total. The Bertz CT molecular complexity index is 1490. The van der Waals surface area contributed by atoms with Gasteiger partial charge in [0.25, 0.3) is 0 Å². The van der Waals surface area contributed by atoms with Gasteiger partial charge in [0.05, 0.1) is 17.3 Å². The summed E-state index contributed by atoms with van der Waals surface area (Å²) in [6.45, 7) is 2.34. The molecule has 0 bridgehead atoms. The average molecular weight is 527 g/mol. The maximum atomic E-state index is 12.8. The second-order valence-corrected chi connectivity index (χ2v) is 9.46. The van der Waals surface area contributed by atoms with Crippen molar-refractivity contribution in [2.75, 3.05) is 11.9 Å². The molecule has 5 rings (SSSR count). The van der Waals surface area contributed by atoms with E-state index in [1.165, 1.54) is 6.07 Å². The summed E-state index contributed by atoms with van der Waals surface area (Å²) in [4.78, 5) is 30.7.